The van der Waals surface area contributed by atoms with Crippen molar-refractivity contribution in [2.45, 2.75) is 11.8 Å². The van der Waals surface area contributed by atoms with Gasteiger partial charge in [-0.15, -0.1) is 0 Å². The second kappa shape index (κ2) is 5.58. The molecule has 1 unspecified atom stereocenters. The fraction of sp³-hybridized carbons (Fsp3) is 0.125. The number of amides is 2. The average Bonchev–Trinajstić information content (AvgIpc) is 2.79. The highest BCUT2D eigenvalue weighted by atomic mass is 79.9. The van der Waals surface area contributed by atoms with Gasteiger partial charge >= 0.3 is 0 Å². The van der Waals surface area contributed by atoms with Gasteiger partial charge in [-0.1, -0.05) is 34.1 Å². The topological polar surface area (TPSA) is 80.5 Å². The van der Waals surface area contributed by atoms with Crippen molar-refractivity contribution in [3.63, 3.8) is 0 Å². The van der Waals surface area contributed by atoms with E-state index in [2.05, 4.69) is 15.9 Å². The van der Waals surface area contributed by atoms with Crippen LogP contribution in [0.15, 0.2) is 42.5 Å². The SMILES string of the molecule is CC(Br)c1ccc(N2C(=O)c3cccc([N+](=O)[O-])c3C2=O)cc1. The van der Waals surface area contributed by atoms with E-state index in [1.165, 1.54) is 18.2 Å². The summed E-state index contributed by atoms with van der Waals surface area (Å²) >= 11 is 3.44. The first-order chi connectivity index (χ1) is 10.9. The van der Waals surface area contributed by atoms with Gasteiger partial charge in [0.2, 0.25) is 0 Å². The molecule has 0 aliphatic carbocycles. The van der Waals surface area contributed by atoms with E-state index in [9.17, 15) is 19.7 Å². The van der Waals surface area contributed by atoms with E-state index in [0.717, 1.165) is 10.5 Å². The highest BCUT2D eigenvalue weighted by Gasteiger charge is 2.41. The van der Waals surface area contributed by atoms with Crippen LogP contribution in [0.1, 0.15) is 38.0 Å². The van der Waals surface area contributed by atoms with E-state index in [-0.39, 0.29) is 21.6 Å². The van der Waals surface area contributed by atoms with Crippen LogP contribution in [0.25, 0.3) is 0 Å². The second-order valence-corrected chi connectivity index (χ2v) is 6.48. The summed E-state index contributed by atoms with van der Waals surface area (Å²) in [5.74, 6) is -1.22. The van der Waals surface area contributed by atoms with E-state index in [0.29, 0.717) is 5.69 Å². The van der Waals surface area contributed by atoms with Crippen LogP contribution in [0.4, 0.5) is 11.4 Å². The Balaban J connectivity index is 2.07. The van der Waals surface area contributed by atoms with Crippen molar-refractivity contribution in [1.29, 1.82) is 0 Å². The molecule has 0 saturated heterocycles. The molecule has 0 saturated carbocycles. The van der Waals surface area contributed by atoms with Crippen LogP contribution < -0.4 is 4.90 Å². The molecule has 6 nitrogen and oxygen atoms in total. The number of nitrogens with zero attached hydrogens (tertiary/aromatic N) is 2. The molecule has 2 amide bonds. The third kappa shape index (κ3) is 2.43. The van der Waals surface area contributed by atoms with Gasteiger partial charge < -0.3 is 0 Å². The number of imide groups is 1. The summed E-state index contributed by atoms with van der Waals surface area (Å²) in [4.78, 5) is 36.6. The molecular formula is C16H11BrN2O4. The molecule has 23 heavy (non-hydrogen) atoms. The summed E-state index contributed by atoms with van der Waals surface area (Å²) in [7, 11) is 0. The molecule has 0 bridgehead atoms. The van der Waals surface area contributed by atoms with Gasteiger partial charge in [-0.2, -0.15) is 0 Å². The largest absolute Gasteiger partial charge is 0.283 e. The number of nitro benzene ring substituents is 1. The fourth-order valence-corrected chi connectivity index (χ4v) is 2.85. The molecule has 116 valence electrons. The van der Waals surface area contributed by atoms with Gasteiger partial charge in [0.25, 0.3) is 17.5 Å². The standard InChI is InChI=1S/C16H11BrN2O4/c1-9(17)10-5-7-11(8-6-10)18-15(20)12-3-2-4-13(19(22)23)14(12)16(18)21/h2-9H,1H3. The van der Waals surface area contributed by atoms with Crippen LogP contribution in [-0.4, -0.2) is 16.7 Å². The first-order valence-electron chi connectivity index (χ1n) is 6.82. The zero-order valence-corrected chi connectivity index (χ0v) is 13.6. The van der Waals surface area contributed by atoms with Gasteiger partial charge in [-0.05, 0) is 30.7 Å². The molecule has 2 aromatic rings. The molecule has 1 heterocycles. The summed E-state index contributed by atoms with van der Waals surface area (Å²) in [6.45, 7) is 1.96. The Bertz CT molecular complexity index is 830. The summed E-state index contributed by atoms with van der Waals surface area (Å²) in [5, 5.41) is 11.1. The lowest BCUT2D eigenvalue weighted by Crippen LogP contribution is -2.29. The Morgan fingerprint density at radius 1 is 1.09 bits per heavy atom. The molecular weight excluding hydrogens is 364 g/mol. The third-order valence-corrected chi connectivity index (χ3v) is 4.23. The van der Waals surface area contributed by atoms with Crippen LogP contribution in [0.3, 0.4) is 0 Å². The number of alkyl halides is 1. The molecule has 1 atom stereocenters. The molecule has 1 aliphatic rings. The van der Waals surface area contributed by atoms with Crippen molar-refractivity contribution in [3.05, 3.63) is 69.3 Å². The van der Waals surface area contributed by atoms with Gasteiger partial charge in [-0.3, -0.25) is 19.7 Å². The Kier molecular flexibility index (Phi) is 3.73. The van der Waals surface area contributed by atoms with Crippen molar-refractivity contribution in [3.8, 4) is 0 Å². The monoisotopic (exact) mass is 374 g/mol. The molecule has 0 fully saturated rings. The maximum absolute atomic E-state index is 12.5. The van der Waals surface area contributed by atoms with Gasteiger partial charge in [0.15, 0.2) is 0 Å². The highest BCUT2D eigenvalue weighted by Crippen LogP contribution is 2.34. The minimum atomic E-state index is -0.669. The molecule has 3 rings (SSSR count). The quantitative estimate of drug-likeness (QED) is 0.353. The number of fused-ring (bicyclic) bond motifs is 1. The van der Waals surface area contributed by atoms with E-state index in [1.54, 1.807) is 24.3 Å². The first kappa shape index (κ1) is 15.4. The molecule has 0 radical (unpaired) electrons. The maximum Gasteiger partial charge on any atom is 0.283 e. The van der Waals surface area contributed by atoms with Crippen molar-refractivity contribution in [2.75, 3.05) is 4.90 Å². The Morgan fingerprint density at radius 3 is 2.30 bits per heavy atom. The second-order valence-electron chi connectivity index (χ2n) is 5.11. The number of halogens is 1. The summed E-state index contributed by atoms with van der Waals surface area (Å²) in [6, 6.07) is 11.0. The van der Waals surface area contributed by atoms with Gasteiger partial charge in [0.1, 0.15) is 5.56 Å². The maximum atomic E-state index is 12.5. The van der Waals surface area contributed by atoms with Gasteiger partial charge in [-0.25, -0.2) is 4.90 Å². The number of nitro groups is 1. The number of carbonyl (C=O) groups excluding carboxylic acids is 2. The molecule has 1 aliphatic heterocycles. The molecule has 0 spiro atoms. The number of hydrogen-bond acceptors (Lipinski definition) is 4. The van der Waals surface area contributed by atoms with Crippen LogP contribution >= 0.6 is 15.9 Å². The van der Waals surface area contributed by atoms with E-state index in [1.807, 2.05) is 6.92 Å². The van der Waals surface area contributed by atoms with Crippen molar-refractivity contribution in [1.82, 2.24) is 0 Å². The Morgan fingerprint density at radius 2 is 1.74 bits per heavy atom. The first-order valence-corrected chi connectivity index (χ1v) is 7.73. The molecule has 7 heteroatoms. The van der Waals surface area contributed by atoms with E-state index >= 15 is 0 Å². The van der Waals surface area contributed by atoms with Gasteiger partial charge in [0.05, 0.1) is 16.2 Å². The number of hydrogen-bond donors (Lipinski definition) is 0. The van der Waals surface area contributed by atoms with Crippen LogP contribution in [0.5, 0.6) is 0 Å². The smallest absolute Gasteiger partial charge is 0.268 e. The lowest BCUT2D eigenvalue weighted by atomic mass is 10.1. The Labute approximate surface area is 140 Å². The van der Waals surface area contributed by atoms with Crippen molar-refractivity contribution >= 4 is 39.1 Å². The number of benzene rings is 2. The third-order valence-electron chi connectivity index (χ3n) is 3.70. The fourth-order valence-electron chi connectivity index (χ4n) is 2.54. The summed E-state index contributed by atoms with van der Waals surface area (Å²) in [6.07, 6.45) is 0. The Hall–Kier alpha value is -2.54. The zero-order chi connectivity index (χ0) is 16.7. The average molecular weight is 375 g/mol. The lowest BCUT2D eigenvalue weighted by Gasteiger charge is -2.14. The number of carbonyl (C=O) groups is 2. The van der Waals surface area contributed by atoms with Crippen molar-refractivity contribution < 1.29 is 14.5 Å². The normalized spacial score (nSPS) is 14.8. The number of anilines is 1. The van der Waals surface area contributed by atoms with Crippen LogP contribution in [-0.2, 0) is 0 Å². The predicted octanol–water partition coefficient (Wildman–Crippen LogP) is 3.85. The van der Waals surface area contributed by atoms with E-state index < -0.39 is 16.7 Å². The summed E-state index contributed by atoms with van der Waals surface area (Å²) < 4.78 is 0. The lowest BCUT2D eigenvalue weighted by molar-refractivity contribution is -0.385. The van der Waals surface area contributed by atoms with Crippen LogP contribution in [0, 0.1) is 10.1 Å². The molecule has 0 aromatic heterocycles. The van der Waals surface area contributed by atoms with Crippen molar-refractivity contribution in [2.24, 2.45) is 0 Å². The number of rotatable bonds is 3. The zero-order valence-electron chi connectivity index (χ0n) is 12.0. The van der Waals surface area contributed by atoms with Gasteiger partial charge in [0, 0.05) is 10.9 Å². The molecule has 0 N–H and O–H groups in total. The van der Waals surface area contributed by atoms with E-state index in [4.69, 9.17) is 0 Å². The predicted molar refractivity (Wildman–Crippen MR) is 88.0 cm³/mol. The molecule has 2 aromatic carbocycles. The summed E-state index contributed by atoms with van der Waals surface area (Å²) in [5.41, 5.74) is 0.940. The minimum Gasteiger partial charge on any atom is -0.268 e. The highest BCUT2D eigenvalue weighted by molar-refractivity contribution is 9.09. The minimum absolute atomic E-state index is 0.0575. The van der Waals surface area contributed by atoms with Crippen LogP contribution in [0.2, 0.25) is 0 Å².